The van der Waals surface area contributed by atoms with Crippen molar-refractivity contribution in [2.75, 3.05) is 33.2 Å². The first-order chi connectivity index (χ1) is 14.3. The van der Waals surface area contributed by atoms with Crippen LogP contribution in [0.2, 0.25) is 0 Å². The van der Waals surface area contributed by atoms with Crippen molar-refractivity contribution in [1.82, 2.24) is 15.3 Å². The van der Waals surface area contributed by atoms with Gasteiger partial charge < -0.3 is 4.79 Å². The van der Waals surface area contributed by atoms with E-state index in [1.54, 1.807) is 12.1 Å². The Morgan fingerprint density at radius 1 is 1.10 bits per heavy atom. The average molecular weight is 438 g/mol. The summed E-state index contributed by atoms with van der Waals surface area (Å²) in [6, 6.07) is 7.40. The Kier molecular flexibility index (Phi) is 20.6. The minimum Gasteiger partial charge on any atom is -0.307 e. The van der Waals surface area contributed by atoms with E-state index in [0.29, 0.717) is 6.04 Å². The third-order valence-corrected chi connectivity index (χ3v) is 4.97. The summed E-state index contributed by atoms with van der Waals surface area (Å²) < 4.78 is 13.2. The van der Waals surface area contributed by atoms with Gasteiger partial charge in [0.1, 0.15) is 12.6 Å². The van der Waals surface area contributed by atoms with Crippen molar-refractivity contribution in [3.8, 4) is 0 Å². The summed E-state index contributed by atoms with van der Waals surface area (Å²) in [6.07, 6.45) is 3.42. The highest BCUT2D eigenvalue weighted by Crippen LogP contribution is 2.31. The molecule has 1 aromatic carbocycles. The molecule has 1 atom stereocenters. The van der Waals surface area contributed by atoms with Gasteiger partial charge in [-0.05, 0) is 50.4 Å². The zero-order chi connectivity index (χ0) is 23.7. The number of carbonyl (C=O) groups excluding carboxylic acids is 1. The maximum Gasteiger partial charge on any atom is 0.123 e. The van der Waals surface area contributed by atoms with Crippen LogP contribution in [0.3, 0.4) is 0 Å². The summed E-state index contributed by atoms with van der Waals surface area (Å²) in [4.78, 5) is 10.6. The SMILES string of the molecule is C.C=C.C=O.CC.CNN1CCN(C(C=C(C)C)CC(C)(C)c2ccc(F)cc2)CC1. The van der Waals surface area contributed by atoms with Crippen LogP contribution < -0.4 is 5.43 Å². The molecule has 0 aromatic heterocycles. The van der Waals surface area contributed by atoms with Gasteiger partial charge in [-0.2, -0.15) is 0 Å². The van der Waals surface area contributed by atoms with E-state index >= 15 is 0 Å². The molecule has 1 aromatic rings. The van der Waals surface area contributed by atoms with E-state index in [1.165, 1.54) is 11.1 Å². The minimum absolute atomic E-state index is 0. The molecule has 0 aliphatic carbocycles. The van der Waals surface area contributed by atoms with E-state index in [1.807, 2.05) is 39.8 Å². The second-order valence-corrected chi connectivity index (χ2v) is 7.65. The molecular weight excluding hydrogens is 389 g/mol. The van der Waals surface area contributed by atoms with Gasteiger partial charge in [-0.25, -0.2) is 9.40 Å². The van der Waals surface area contributed by atoms with Gasteiger partial charge in [0, 0.05) is 32.2 Å². The Morgan fingerprint density at radius 2 is 1.55 bits per heavy atom. The van der Waals surface area contributed by atoms with E-state index in [2.05, 4.69) is 62.3 Å². The highest BCUT2D eigenvalue weighted by atomic mass is 19.1. The molecule has 0 saturated carbocycles. The number of hydrogen-bond donors (Lipinski definition) is 1. The maximum atomic E-state index is 13.2. The fourth-order valence-corrected chi connectivity index (χ4v) is 3.50. The molecule has 31 heavy (non-hydrogen) atoms. The molecule has 0 bridgehead atoms. The number of hydrazine groups is 1. The highest BCUT2D eigenvalue weighted by Gasteiger charge is 2.29. The third kappa shape index (κ3) is 12.6. The molecule has 1 aliphatic heterocycles. The van der Waals surface area contributed by atoms with Crippen molar-refractivity contribution in [3.63, 3.8) is 0 Å². The van der Waals surface area contributed by atoms with Crippen LogP contribution >= 0.6 is 0 Å². The lowest BCUT2D eigenvalue weighted by atomic mass is 9.78. The number of nitrogens with one attached hydrogen (secondary N) is 1. The van der Waals surface area contributed by atoms with Crippen molar-refractivity contribution < 1.29 is 9.18 Å². The number of carbonyl (C=O) groups is 1. The van der Waals surface area contributed by atoms with Crippen molar-refractivity contribution in [3.05, 3.63) is 60.5 Å². The van der Waals surface area contributed by atoms with Crippen LogP contribution in [0.15, 0.2) is 49.1 Å². The van der Waals surface area contributed by atoms with E-state index < -0.39 is 0 Å². The van der Waals surface area contributed by atoms with Crippen LogP contribution in [0.5, 0.6) is 0 Å². The number of piperazine rings is 1. The smallest absolute Gasteiger partial charge is 0.123 e. The lowest BCUT2D eigenvalue weighted by molar-refractivity contribution is -0.0979. The molecule has 4 nitrogen and oxygen atoms in total. The Balaban J connectivity index is -0.00000103. The molecule has 180 valence electrons. The second kappa shape index (κ2) is 18.9. The molecule has 0 radical (unpaired) electrons. The molecule has 1 heterocycles. The van der Waals surface area contributed by atoms with E-state index in [-0.39, 0.29) is 18.7 Å². The number of rotatable bonds is 6. The first-order valence-electron chi connectivity index (χ1n) is 10.7. The molecule has 1 fully saturated rings. The molecule has 1 saturated heterocycles. The first kappa shape index (κ1) is 33.8. The Labute approximate surface area is 192 Å². The van der Waals surface area contributed by atoms with Crippen LogP contribution in [-0.4, -0.2) is 56.0 Å². The number of nitrogens with zero attached hydrogens (tertiary/aromatic N) is 2. The van der Waals surface area contributed by atoms with Gasteiger partial charge in [-0.1, -0.05) is 58.9 Å². The molecule has 2 rings (SSSR count). The molecule has 5 heteroatoms. The average Bonchev–Trinajstić information content (AvgIpc) is 2.77. The van der Waals surface area contributed by atoms with Crippen LogP contribution in [0, 0.1) is 5.82 Å². The van der Waals surface area contributed by atoms with E-state index in [9.17, 15) is 4.39 Å². The fraction of sp³-hybridized carbons (Fsp3) is 0.577. The lowest BCUT2D eigenvalue weighted by Gasteiger charge is -2.41. The Bertz CT molecular complexity index is 573. The van der Waals surface area contributed by atoms with Crippen LogP contribution in [-0.2, 0) is 10.2 Å². The lowest BCUT2D eigenvalue weighted by Crippen LogP contribution is -2.54. The quantitative estimate of drug-likeness (QED) is 0.566. The topological polar surface area (TPSA) is 35.6 Å². The van der Waals surface area contributed by atoms with Crippen LogP contribution in [0.25, 0.3) is 0 Å². The first-order valence-corrected chi connectivity index (χ1v) is 10.7. The predicted molar refractivity (Wildman–Crippen MR) is 136 cm³/mol. The van der Waals surface area contributed by atoms with Gasteiger partial charge in [0.2, 0.25) is 0 Å². The molecule has 1 unspecified atom stereocenters. The summed E-state index contributed by atoms with van der Waals surface area (Å²) >= 11 is 0. The van der Waals surface area contributed by atoms with Gasteiger partial charge >= 0.3 is 0 Å². The van der Waals surface area contributed by atoms with Crippen molar-refractivity contribution in [2.45, 2.75) is 66.8 Å². The van der Waals surface area contributed by atoms with Crippen molar-refractivity contribution >= 4 is 6.79 Å². The normalized spacial score (nSPS) is 14.7. The third-order valence-electron chi connectivity index (χ3n) is 4.97. The molecule has 1 N–H and O–H groups in total. The van der Waals surface area contributed by atoms with Gasteiger partial charge in [-0.3, -0.25) is 10.3 Å². The van der Waals surface area contributed by atoms with E-state index in [0.717, 1.165) is 32.6 Å². The zero-order valence-corrected chi connectivity index (χ0v) is 20.3. The summed E-state index contributed by atoms with van der Waals surface area (Å²) in [7, 11) is 1.99. The van der Waals surface area contributed by atoms with Gasteiger partial charge in [-0.15, -0.1) is 13.2 Å². The second-order valence-electron chi connectivity index (χ2n) is 7.65. The number of halogens is 1. The summed E-state index contributed by atoms with van der Waals surface area (Å²) in [5, 5.41) is 2.27. The monoisotopic (exact) mass is 437 g/mol. The summed E-state index contributed by atoms with van der Waals surface area (Å²) in [6.45, 7) is 25.1. The maximum absolute atomic E-state index is 13.2. The largest absolute Gasteiger partial charge is 0.307 e. The molecule has 1 aliphatic rings. The Hall–Kier alpha value is -1.82. The Morgan fingerprint density at radius 3 is 1.94 bits per heavy atom. The van der Waals surface area contributed by atoms with Gasteiger partial charge in [0.25, 0.3) is 0 Å². The van der Waals surface area contributed by atoms with Crippen molar-refractivity contribution in [2.24, 2.45) is 0 Å². The summed E-state index contributed by atoms with van der Waals surface area (Å²) in [5.74, 6) is -0.168. The molecular formula is C26H48FN3O. The predicted octanol–water partition coefficient (Wildman–Crippen LogP) is 5.86. The molecule has 0 spiro atoms. The molecule has 0 amide bonds. The zero-order valence-electron chi connectivity index (χ0n) is 20.3. The summed E-state index contributed by atoms with van der Waals surface area (Å²) in [5.41, 5.74) is 5.80. The standard InChI is InChI=1S/C20H32FN3.C2H6.C2H4.CH2O.CH4/c1-16(2)14-19(23-10-12-24(22-5)13-11-23)15-20(3,4)17-6-8-18(21)9-7-17;3*1-2;/h6-9,14,19,22H,10-13,15H2,1-5H3;1-2H3;1-2H2;1H2;1H4. The van der Waals surface area contributed by atoms with Crippen LogP contribution in [0.4, 0.5) is 4.39 Å². The fourth-order valence-electron chi connectivity index (χ4n) is 3.50. The van der Waals surface area contributed by atoms with Gasteiger partial charge in [0.15, 0.2) is 0 Å². The number of allylic oxidation sites excluding steroid dienone is 1. The minimum atomic E-state index is -0.168. The number of benzene rings is 1. The van der Waals surface area contributed by atoms with Crippen molar-refractivity contribution in [1.29, 1.82) is 0 Å². The van der Waals surface area contributed by atoms with Gasteiger partial charge in [0.05, 0.1) is 0 Å². The van der Waals surface area contributed by atoms with Crippen LogP contribution in [0.1, 0.15) is 61.0 Å². The number of hydrogen-bond acceptors (Lipinski definition) is 4. The van der Waals surface area contributed by atoms with E-state index in [4.69, 9.17) is 4.79 Å². The highest BCUT2D eigenvalue weighted by molar-refractivity contribution is 5.25.